The number of benzene rings is 2. The second kappa shape index (κ2) is 7.81. The summed E-state index contributed by atoms with van der Waals surface area (Å²) in [5.74, 6) is 0.0252. The molecule has 2 aliphatic rings. The molecule has 6 heteroatoms. The lowest BCUT2D eigenvalue weighted by Crippen LogP contribution is -2.43. The number of nitrogens with zero attached hydrogens (tertiary/aromatic N) is 2. The molecule has 148 valence electrons. The Morgan fingerprint density at radius 1 is 1.03 bits per heavy atom. The highest BCUT2D eigenvalue weighted by Gasteiger charge is 2.38. The average molecular weight is 389 g/mol. The molecule has 3 aromatic rings. The van der Waals surface area contributed by atoms with Gasteiger partial charge in [0.2, 0.25) is 5.76 Å². The van der Waals surface area contributed by atoms with E-state index in [2.05, 4.69) is 27.5 Å². The third-order valence-electron chi connectivity index (χ3n) is 5.73. The maximum absolute atomic E-state index is 12.6. The fourth-order valence-corrected chi connectivity index (χ4v) is 4.23. The van der Waals surface area contributed by atoms with Gasteiger partial charge in [0.05, 0.1) is 12.7 Å². The van der Waals surface area contributed by atoms with E-state index in [0.717, 1.165) is 25.1 Å². The van der Waals surface area contributed by atoms with Crippen molar-refractivity contribution in [3.05, 3.63) is 78.1 Å². The van der Waals surface area contributed by atoms with Crippen LogP contribution < -0.4 is 5.32 Å². The van der Waals surface area contributed by atoms with Gasteiger partial charge >= 0.3 is 0 Å². The molecule has 0 spiro atoms. The van der Waals surface area contributed by atoms with Crippen LogP contribution in [-0.2, 0) is 4.74 Å². The first-order valence-corrected chi connectivity index (χ1v) is 10.00. The molecule has 2 saturated heterocycles. The van der Waals surface area contributed by atoms with Crippen LogP contribution in [0.3, 0.4) is 0 Å². The van der Waals surface area contributed by atoms with Crippen LogP contribution in [0.5, 0.6) is 0 Å². The third-order valence-corrected chi connectivity index (χ3v) is 5.73. The van der Waals surface area contributed by atoms with Gasteiger partial charge < -0.3 is 14.6 Å². The fourth-order valence-electron chi connectivity index (χ4n) is 4.23. The van der Waals surface area contributed by atoms with Gasteiger partial charge in [-0.25, -0.2) is 0 Å². The number of hydrogen-bond acceptors (Lipinski definition) is 5. The van der Waals surface area contributed by atoms with Crippen molar-refractivity contribution < 1.29 is 14.1 Å². The first-order valence-electron chi connectivity index (χ1n) is 10.00. The van der Waals surface area contributed by atoms with Crippen LogP contribution in [-0.4, -0.2) is 47.7 Å². The van der Waals surface area contributed by atoms with Crippen molar-refractivity contribution in [2.45, 2.75) is 24.6 Å². The summed E-state index contributed by atoms with van der Waals surface area (Å²) in [6, 6.07) is 22.1. The maximum atomic E-state index is 12.6. The minimum absolute atomic E-state index is 0.0795. The summed E-state index contributed by atoms with van der Waals surface area (Å²) in [4.78, 5) is 15.1. The lowest BCUT2D eigenvalue weighted by Gasteiger charge is -2.35. The topological polar surface area (TPSA) is 67.6 Å². The molecule has 0 aliphatic carbocycles. The van der Waals surface area contributed by atoms with Gasteiger partial charge in [-0.3, -0.25) is 9.69 Å². The van der Waals surface area contributed by atoms with Crippen molar-refractivity contribution in [2.24, 2.45) is 0 Å². The van der Waals surface area contributed by atoms with Crippen molar-refractivity contribution in [3.63, 3.8) is 0 Å². The number of hydrogen-bond donors (Lipinski definition) is 1. The monoisotopic (exact) mass is 389 g/mol. The molecule has 1 aromatic heterocycles. The molecule has 0 radical (unpaired) electrons. The van der Waals surface area contributed by atoms with Gasteiger partial charge in [-0.05, 0) is 12.0 Å². The molecule has 0 bridgehead atoms. The van der Waals surface area contributed by atoms with Gasteiger partial charge in [-0.2, -0.15) is 0 Å². The molecule has 29 heavy (non-hydrogen) atoms. The van der Waals surface area contributed by atoms with Gasteiger partial charge in [-0.15, -0.1) is 0 Å². The Hall–Kier alpha value is -2.96. The lowest BCUT2D eigenvalue weighted by molar-refractivity contribution is -0.0502. The number of rotatable bonds is 4. The highest BCUT2D eigenvalue weighted by Crippen LogP contribution is 2.30. The molecule has 2 aliphatic heterocycles. The number of amides is 1. The zero-order chi connectivity index (χ0) is 19.6. The van der Waals surface area contributed by atoms with E-state index in [1.165, 1.54) is 5.56 Å². The van der Waals surface area contributed by atoms with Gasteiger partial charge in [0.1, 0.15) is 5.69 Å². The number of nitrogens with one attached hydrogen (secondary N) is 1. The number of ether oxygens (including phenoxy) is 1. The number of carbonyl (C=O) groups is 1. The van der Waals surface area contributed by atoms with E-state index in [1.807, 2.05) is 48.5 Å². The van der Waals surface area contributed by atoms with Gasteiger partial charge in [0.25, 0.3) is 5.91 Å². The molecule has 6 nitrogen and oxygen atoms in total. The normalized spacial score (nSPS) is 24.2. The second-order valence-corrected chi connectivity index (χ2v) is 7.69. The van der Waals surface area contributed by atoms with E-state index in [4.69, 9.17) is 9.26 Å². The van der Waals surface area contributed by atoms with Gasteiger partial charge in [-0.1, -0.05) is 65.8 Å². The van der Waals surface area contributed by atoms with Crippen LogP contribution >= 0.6 is 0 Å². The number of carbonyl (C=O) groups excluding carboxylic acids is 1. The first-order chi connectivity index (χ1) is 14.3. The summed E-state index contributed by atoms with van der Waals surface area (Å²) in [5, 5.41) is 7.13. The summed E-state index contributed by atoms with van der Waals surface area (Å²) in [6.45, 7) is 2.36. The van der Waals surface area contributed by atoms with Crippen LogP contribution in [0.15, 0.2) is 71.3 Å². The SMILES string of the molecule is O=C(N[C@@H]1C[C@H]2CO[C@@H](c3ccccc3)CN2C1)c1cc(-c2ccccc2)no1. The maximum Gasteiger partial charge on any atom is 0.290 e. The van der Waals surface area contributed by atoms with Gasteiger partial charge in [0.15, 0.2) is 0 Å². The third kappa shape index (κ3) is 3.81. The Morgan fingerprint density at radius 2 is 1.79 bits per heavy atom. The molecule has 0 unspecified atom stereocenters. The average Bonchev–Trinajstić information content (AvgIpc) is 3.41. The predicted octanol–water partition coefficient (Wildman–Crippen LogP) is 3.29. The standard InChI is InChI=1S/C23H23N3O3/c27-23(21-12-20(25-29-21)16-7-3-1-4-8-16)24-18-11-19-15-28-22(14-26(19)13-18)17-9-5-2-6-10-17/h1-10,12,18-19,22H,11,13-15H2,(H,24,27)/t18-,19+,22-/m1/s1. The van der Waals surface area contributed by atoms with E-state index in [-0.39, 0.29) is 23.8 Å². The molecular formula is C23H23N3O3. The summed E-state index contributed by atoms with van der Waals surface area (Å²) >= 11 is 0. The lowest BCUT2D eigenvalue weighted by atomic mass is 10.1. The summed E-state index contributed by atoms with van der Waals surface area (Å²) in [7, 11) is 0. The molecule has 1 N–H and O–H groups in total. The van der Waals surface area contributed by atoms with E-state index in [0.29, 0.717) is 18.3 Å². The van der Waals surface area contributed by atoms with Crippen molar-refractivity contribution in [1.29, 1.82) is 0 Å². The molecule has 1 amide bonds. The number of morpholine rings is 1. The quantitative estimate of drug-likeness (QED) is 0.742. The largest absolute Gasteiger partial charge is 0.371 e. The van der Waals surface area contributed by atoms with E-state index in [1.54, 1.807) is 6.07 Å². The smallest absolute Gasteiger partial charge is 0.290 e. The van der Waals surface area contributed by atoms with Crippen molar-refractivity contribution in [1.82, 2.24) is 15.4 Å². The molecule has 5 rings (SSSR count). The van der Waals surface area contributed by atoms with Crippen molar-refractivity contribution >= 4 is 5.91 Å². The van der Waals surface area contributed by atoms with Crippen LogP contribution in [0.25, 0.3) is 11.3 Å². The number of aromatic nitrogens is 1. The minimum Gasteiger partial charge on any atom is -0.371 e. The van der Waals surface area contributed by atoms with Crippen LogP contribution in [0.2, 0.25) is 0 Å². The first kappa shape index (κ1) is 18.1. The van der Waals surface area contributed by atoms with E-state index in [9.17, 15) is 4.79 Å². The summed E-state index contributed by atoms with van der Waals surface area (Å²) in [5.41, 5.74) is 2.80. The molecule has 0 saturated carbocycles. The van der Waals surface area contributed by atoms with E-state index >= 15 is 0 Å². The Kier molecular flexibility index (Phi) is 4.87. The summed E-state index contributed by atoms with van der Waals surface area (Å²) < 4.78 is 11.4. The second-order valence-electron chi connectivity index (χ2n) is 7.69. The van der Waals surface area contributed by atoms with Crippen LogP contribution in [0.4, 0.5) is 0 Å². The Balaban J connectivity index is 1.20. The van der Waals surface area contributed by atoms with Crippen LogP contribution in [0.1, 0.15) is 28.6 Å². The molecule has 3 atom stereocenters. The zero-order valence-electron chi connectivity index (χ0n) is 16.0. The highest BCUT2D eigenvalue weighted by molar-refractivity contribution is 5.92. The Bertz CT molecular complexity index is 973. The van der Waals surface area contributed by atoms with E-state index < -0.39 is 0 Å². The Morgan fingerprint density at radius 3 is 2.59 bits per heavy atom. The van der Waals surface area contributed by atoms with Crippen molar-refractivity contribution in [2.75, 3.05) is 19.7 Å². The zero-order valence-corrected chi connectivity index (χ0v) is 16.0. The molecule has 2 aromatic carbocycles. The van der Waals surface area contributed by atoms with Gasteiger partial charge in [0, 0.05) is 36.8 Å². The minimum atomic E-state index is -0.218. The summed E-state index contributed by atoms with van der Waals surface area (Å²) in [6.07, 6.45) is 0.969. The molecular weight excluding hydrogens is 366 g/mol. The highest BCUT2D eigenvalue weighted by atomic mass is 16.5. The number of fused-ring (bicyclic) bond motifs is 1. The molecule has 3 heterocycles. The van der Waals surface area contributed by atoms with Crippen LogP contribution in [0, 0.1) is 0 Å². The van der Waals surface area contributed by atoms with Crippen molar-refractivity contribution in [3.8, 4) is 11.3 Å². The predicted molar refractivity (Wildman–Crippen MR) is 108 cm³/mol. The fraction of sp³-hybridized carbons (Fsp3) is 0.304. The Labute approximate surface area is 169 Å². The molecule has 2 fully saturated rings.